The van der Waals surface area contributed by atoms with Crippen molar-refractivity contribution in [3.05, 3.63) is 69.5 Å². The van der Waals surface area contributed by atoms with E-state index in [2.05, 4.69) is 4.98 Å². The maximum absolute atomic E-state index is 11.9. The normalized spacial score (nSPS) is 10.8. The zero-order valence-electron chi connectivity index (χ0n) is 8.83. The van der Waals surface area contributed by atoms with Crippen LogP contribution >= 0.6 is 0 Å². The molecule has 0 aliphatic rings. The molecule has 2 heterocycles. The van der Waals surface area contributed by atoms with Crippen LogP contribution in [0.2, 0.25) is 0 Å². The molecule has 0 fully saturated rings. The third-order valence-corrected chi connectivity index (χ3v) is 2.59. The van der Waals surface area contributed by atoms with Crippen molar-refractivity contribution < 1.29 is 0 Å². The number of hydrogen-bond donors (Lipinski definition) is 1. The minimum absolute atomic E-state index is 0.597. The second kappa shape index (κ2) is 3.48. The molecule has 0 saturated carbocycles. The Labute approximate surface area is 95.5 Å². The Morgan fingerprint density at radius 3 is 2.41 bits per heavy atom. The number of para-hydroxylation sites is 2. The molecule has 0 unspecified atom stereocenters. The van der Waals surface area contributed by atoms with E-state index in [0.29, 0.717) is 11.0 Å². The molecule has 0 radical (unpaired) electrons. The molecular weight excluding hydrogens is 218 g/mol. The second-order valence-corrected chi connectivity index (χ2v) is 3.65. The first-order chi connectivity index (χ1) is 8.27. The Hall–Kier alpha value is -2.56. The number of hydrogen-bond acceptors (Lipinski definition) is 2. The number of aromatic nitrogens is 3. The van der Waals surface area contributed by atoms with E-state index in [1.807, 2.05) is 12.1 Å². The quantitative estimate of drug-likeness (QED) is 0.625. The first kappa shape index (κ1) is 9.65. The molecule has 84 valence electrons. The number of rotatable bonds is 1. The smallest absolute Gasteiger partial charge is 0.316 e. The van der Waals surface area contributed by atoms with Crippen LogP contribution in [0.15, 0.2) is 58.4 Å². The van der Waals surface area contributed by atoms with E-state index in [-0.39, 0.29) is 0 Å². The van der Waals surface area contributed by atoms with Crippen molar-refractivity contribution in [2.45, 2.75) is 0 Å². The fraction of sp³-hybridized carbons (Fsp3) is 0. The number of nitrogens with one attached hydrogen (secondary N) is 1. The Morgan fingerprint density at radius 1 is 0.941 bits per heavy atom. The lowest BCUT2D eigenvalue weighted by Crippen LogP contribution is -2.38. The Kier molecular flexibility index (Phi) is 1.98. The molecule has 5 heteroatoms. The molecule has 0 amide bonds. The van der Waals surface area contributed by atoms with E-state index in [9.17, 15) is 9.59 Å². The van der Waals surface area contributed by atoms with Crippen LogP contribution in [0.4, 0.5) is 0 Å². The summed E-state index contributed by atoms with van der Waals surface area (Å²) in [6, 6.07) is 10.8. The van der Waals surface area contributed by atoms with Crippen LogP contribution in [-0.2, 0) is 0 Å². The topological polar surface area (TPSA) is 59.8 Å². The van der Waals surface area contributed by atoms with E-state index in [4.69, 9.17) is 0 Å². The number of H-pyrrole nitrogens is 1. The van der Waals surface area contributed by atoms with Crippen LogP contribution in [0.3, 0.4) is 0 Å². The van der Waals surface area contributed by atoms with Gasteiger partial charge in [-0.3, -0.25) is 14.3 Å². The molecule has 5 nitrogen and oxygen atoms in total. The van der Waals surface area contributed by atoms with Gasteiger partial charge in [0, 0.05) is 12.4 Å². The summed E-state index contributed by atoms with van der Waals surface area (Å²) in [5.41, 5.74) is 0.0661. The van der Waals surface area contributed by atoms with Gasteiger partial charge in [0.25, 0.3) is 0 Å². The van der Waals surface area contributed by atoms with Gasteiger partial charge in [-0.2, -0.15) is 0 Å². The van der Waals surface area contributed by atoms with Crippen molar-refractivity contribution in [3.63, 3.8) is 0 Å². The van der Waals surface area contributed by atoms with Gasteiger partial charge in [0.2, 0.25) is 0 Å². The summed E-state index contributed by atoms with van der Waals surface area (Å²) in [7, 11) is 0. The first-order valence-corrected chi connectivity index (χ1v) is 5.15. The summed E-state index contributed by atoms with van der Waals surface area (Å²) in [5.74, 6) is 0. The zero-order valence-corrected chi connectivity index (χ0v) is 8.83. The lowest BCUT2D eigenvalue weighted by atomic mass is 10.3. The minimum Gasteiger partial charge on any atom is -0.316 e. The van der Waals surface area contributed by atoms with Gasteiger partial charge in [-0.1, -0.05) is 12.1 Å². The molecular formula is C12H9N3O2. The third-order valence-electron chi connectivity index (χ3n) is 2.59. The molecule has 1 N–H and O–H groups in total. The molecule has 1 aromatic carbocycles. The van der Waals surface area contributed by atoms with Crippen LogP contribution in [0, 0.1) is 0 Å². The number of nitrogens with zero attached hydrogens (tertiary/aromatic N) is 2. The summed E-state index contributed by atoms with van der Waals surface area (Å²) >= 11 is 0. The summed E-state index contributed by atoms with van der Waals surface area (Å²) in [6.07, 6.45) is 3.43. The number of aromatic amines is 1. The average Bonchev–Trinajstić information content (AvgIpc) is 2.84. The summed E-state index contributed by atoms with van der Waals surface area (Å²) in [5, 5.41) is 0. The van der Waals surface area contributed by atoms with Gasteiger partial charge in [-0.05, 0) is 24.3 Å². The SMILES string of the molecule is O=c1[nH]c2ccccc2n(-n2cccc2)c1=O. The zero-order chi connectivity index (χ0) is 11.8. The molecule has 0 aliphatic heterocycles. The van der Waals surface area contributed by atoms with E-state index in [1.54, 1.807) is 41.3 Å². The van der Waals surface area contributed by atoms with Crippen LogP contribution < -0.4 is 11.1 Å². The van der Waals surface area contributed by atoms with Gasteiger partial charge in [-0.25, -0.2) is 4.68 Å². The van der Waals surface area contributed by atoms with Crippen molar-refractivity contribution in [3.8, 4) is 0 Å². The molecule has 0 saturated heterocycles. The lowest BCUT2D eigenvalue weighted by molar-refractivity contribution is 0.652. The Balaban J connectivity index is 2.55. The lowest BCUT2D eigenvalue weighted by Gasteiger charge is -2.09. The van der Waals surface area contributed by atoms with Crippen molar-refractivity contribution in [1.29, 1.82) is 0 Å². The van der Waals surface area contributed by atoms with Crippen molar-refractivity contribution >= 4 is 11.0 Å². The molecule has 3 rings (SSSR count). The molecule has 3 aromatic rings. The molecule has 0 spiro atoms. The number of benzene rings is 1. The van der Waals surface area contributed by atoms with Crippen LogP contribution in [-0.4, -0.2) is 14.3 Å². The van der Waals surface area contributed by atoms with Crippen molar-refractivity contribution in [1.82, 2.24) is 14.3 Å². The number of fused-ring (bicyclic) bond motifs is 1. The highest BCUT2D eigenvalue weighted by Gasteiger charge is 2.07. The summed E-state index contributed by atoms with van der Waals surface area (Å²) in [4.78, 5) is 26.0. The van der Waals surface area contributed by atoms with Gasteiger partial charge in [0.1, 0.15) is 0 Å². The summed E-state index contributed by atoms with van der Waals surface area (Å²) < 4.78 is 2.92. The van der Waals surface area contributed by atoms with Crippen LogP contribution in [0.5, 0.6) is 0 Å². The molecule has 0 atom stereocenters. The second-order valence-electron chi connectivity index (χ2n) is 3.65. The van der Waals surface area contributed by atoms with Gasteiger partial charge >= 0.3 is 11.1 Å². The van der Waals surface area contributed by atoms with Crippen LogP contribution in [0.25, 0.3) is 11.0 Å². The monoisotopic (exact) mass is 227 g/mol. The molecule has 0 aliphatic carbocycles. The van der Waals surface area contributed by atoms with E-state index in [0.717, 1.165) is 0 Å². The van der Waals surface area contributed by atoms with Gasteiger partial charge < -0.3 is 4.98 Å². The molecule has 17 heavy (non-hydrogen) atoms. The molecule has 2 aromatic heterocycles. The van der Waals surface area contributed by atoms with Crippen molar-refractivity contribution in [2.24, 2.45) is 0 Å². The molecule has 0 bridgehead atoms. The van der Waals surface area contributed by atoms with Gasteiger partial charge in [0.15, 0.2) is 0 Å². The largest absolute Gasteiger partial charge is 0.335 e. The highest BCUT2D eigenvalue weighted by atomic mass is 16.2. The van der Waals surface area contributed by atoms with E-state index in [1.165, 1.54) is 4.68 Å². The Morgan fingerprint density at radius 2 is 1.65 bits per heavy atom. The highest BCUT2D eigenvalue weighted by molar-refractivity contribution is 5.74. The first-order valence-electron chi connectivity index (χ1n) is 5.15. The van der Waals surface area contributed by atoms with Gasteiger partial charge in [0.05, 0.1) is 11.0 Å². The predicted octanol–water partition coefficient (Wildman–Crippen LogP) is 0.803. The van der Waals surface area contributed by atoms with Crippen molar-refractivity contribution in [2.75, 3.05) is 0 Å². The van der Waals surface area contributed by atoms with E-state index >= 15 is 0 Å². The third kappa shape index (κ3) is 1.40. The Bertz CT molecular complexity index is 781. The van der Waals surface area contributed by atoms with E-state index < -0.39 is 11.1 Å². The standard InChI is InChI=1S/C12H9N3O2/c16-11-12(17)15(14-7-3-4-8-14)10-6-2-1-5-9(10)13-11/h1-8H,(H,13,16). The fourth-order valence-electron chi connectivity index (χ4n) is 1.83. The minimum atomic E-state index is -0.627. The summed E-state index contributed by atoms with van der Waals surface area (Å²) in [6.45, 7) is 0. The maximum Gasteiger partial charge on any atom is 0.335 e. The fourth-order valence-corrected chi connectivity index (χ4v) is 1.83. The predicted molar refractivity (Wildman–Crippen MR) is 64.1 cm³/mol. The highest BCUT2D eigenvalue weighted by Crippen LogP contribution is 2.07. The van der Waals surface area contributed by atoms with Crippen LogP contribution in [0.1, 0.15) is 0 Å². The average molecular weight is 227 g/mol. The van der Waals surface area contributed by atoms with Gasteiger partial charge in [-0.15, -0.1) is 0 Å². The maximum atomic E-state index is 11.9.